The predicted molar refractivity (Wildman–Crippen MR) is 122 cm³/mol. The molecule has 0 spiro atoms. The van der Waals surface area contributed by atoms with Crippen LogP contribution in [0, 0.1) is 15.9 Å². The van der Waals surface area contributed by atoms with Crippen molar-refractivity contribution >= 4 is 22.6 Å². The fourth-order valence-corrected chi connectivity index (χ4v) is 4.48. The summed E-state index contributed by atoms with van der Waals surface area (Å²) in [4.78, 5) is 23.7. The van der Waals surface area contributed by atoms with E-state index < -0.39 is 45.5 Å². The van der Waals surface area contributed by atoms with E-state index in [0.29, 0.717) is 29.8 Å². The number of benzene rings is 1. The van der Waals surface area contributed by atoms with Crippen LogP contribution in [0.4, 0.5) is 10.1 Å². The van der Waals surface area contributed by atoms with Crippen molar-refractivity contribution < 1.29 is 37.8 Å². The molecule has 35 heavy (non-hydrogen) atoms. The maximum Gasteiger partial charge on any atom is 0.317 e. The Labute approximate surface area is 202 Å². The number of hydrogen-bond acceptors (Lipinski definition) is 8. The number of ether oxygens (including phenoxy) is 5. The first-order valence-corrected chi connectivity index (χ1v) is 11.5. The van der Waals surface area contributed by atoms with Crippen LogP contribution in [-0.2, 0) is 40.4 Å². The number of carbonyl (C=O) groups is 1. The topological polar surface area (TPSA) is 111 Å². The van der Waals surface area contributed by atoms with Gasteiger partial charge in [0.1, 0.15) is 24.2 Å². The molecule has 4 rings (SSSR count). The first-order valence-electron chi connectivity index (χ1n) is 11.5. The standard InChI is InChI=1S/C24H31FN2O8/c1-22(2,21(28)31-11-16-13-33-24(5,6)35-16)20-8-14-7-19(27(29)30)17(25)9-18(14)26(20)10-15-12-32-23(3,4)34-15/h7-9,15-16H,10-13H2,1-6H3/t15-,16+/m1/s1. The summed E-state index contributed by atoms with van der Waals surface area (Å²) in [6.07, 6.45) is -0.755. The van der Waals surface area contributed by atoms with Gasteiger partial charge in [-0.2, -0.15) is 4.39 Å². The molecule has 0 saturated carbocycles. The third-order valence-electron chi connectivity index (χ3n) is 6.24. The molecule has 0 aliphatic carbocycles. The maximum atomic E-state index is 14.6. The number of carbonyl (C=O) groups excluding carboxylic acids is 1. The van der Waals surface area contributed by atoms with E-state index in [-0.39, 0.29) is 19.3 Å². The summed E-state index contributed by atoms with van der Waals surface area (Å²) in [5, 5.41) is 11.7. The molecule has 0 bridgehead atoms. The van der Waals surface area contributed by atoms with Crippen LogP contribution in [0.2, 0.25) is 0 Å². The van der Waals surface area contributed by atoms with Crippen LogP contribution in [0.15, 0.2) is 18.2 Å². The fraction of sp³-hybridized carbons (Fsp3) is 0.625. The second-order valence-corrected chi connectivity index (χ2v) is 10.4. The molecule has 2 atom stereocenters. The van der Waals surface area contributed by atoms with E-state index in [1.807, 2.05) is 0 Å². The molecule has 0 N–H and O–H groups in total. The fourth-order valence-electron chi connectivity index (χ4n) is 4.48. The summed E-state index contributed by atoms with van der Waals surface area (Å²) in [7, 11) is 0. The van der Waals surface area contributed by atoms with Crippen molar-refractivity contribution in [1.29, 1.82) is 0 Å². The molecule has 2 aliphatic heterocycles. The van der Waals surface area contributed by atoms with E-state index in [2.05, 4.69) is 0 Å². The number of aromatic nitrogens is 1. The van der Waals surface area contributed by atoms with Gasteiger partial charge in [0.2, 0.25) is 5.82 Å². The summed E-state index contributed by atoms with van der Waals surface area (Å²) in [5.41, 5.74) is -0.890. The Bertz CT molecular complexity index is 1160. The zero-order valence-electron chi connectivity index (χ0n) is 20.8. The number of nitro benzene ring substituents is 1. The van der Waals surface area contributed by atoms with Gasteiger partial charge in [-0.3, -0.25) is 14.9 Å². The lowest BCUT2D eigenvalue weighted by molar-refractivity contribution is -0.387. The van der Waals surface area contributed by atoms with Crippen LogP contribution in [0.1, 0.15) is 47.2 Å². The smallest absolute Gasteiger partial charge is 0.317 e. The first kappa shape index (κ1) is 25.5. The number of nitro groups is 1. The number of rotatable bonds is 7. The number of hydrogen-bond donors (Lipinski definition) is 0. The van der Waals surface area contributed by atoms with Gasteiger partial charge < -0.3 is 28.3 Å². The molecule has 192 valence electrons. The van der Waals surface area contributed by atoms with Gasteiger partial charge in [0.05, 0.1) is 30.2 Å². The quantitative estimate of drug-likeness (QED) is 0.325. The zero-order chi connectivity index (χ0) is 25.8. The highest BCUT2D eigenvalue weighted by Gasteiger charge is 2.40. The molecular formula is C24H31FN2O8. The molecule has 10 nitrogen and oxygen atoms in total. The van der Waals surface area contributed by atoms with Crippen LogP contribution >= 0.6 is 0 Å². The van der Waals surface area contributed by atoms with Crippen LogP contribution < -0.4 is 0 Å². The summed E-state index contributed by atoms with van der Waals surface area (Å²) in [6.45, 7) is 11.4. The minimum Gasteiger partial charge on any atom is -0.462 e. The van der Waals surface area contributed by atoms with E-state index in [1.165, 1.54) is 6.07 Å². The van der Waals surface area contributed by atoms with Crippen molar-refractivity contribution in [3.63, 3.8) is 0 Å². The Morgan fingerprint density at radius 2 is 1.74 bits per heavy atom. The SMILES string of the molecule is CC1(C)OC[C@H](COC(=O)C(C)(C)c2cc3cc([N+](=O)[O-])c(F)cc3n2C[C@@H]2COC(C)(C)O2)O1. The number of nitrogens with zero attached hydrogens (tertiary/aromatic N) is 2. The van der Waals surface area contributed by atoms with Crippen molar-refractivity contribution in [2.45, 2.75) is 77.3 Å². The Morgan fingerprint density at radius 1 is 1.14 bits per heavy atom. The maximum absolute atomic E-state index is 14.6. The average molecular weight is 495 g/mol. The van der Waals surface area contributed by atoms with Crippen molar-refractivity contribution in [3.05, 3.63) is 39.8 Å². The number of fused-ring (bicyclic) bond motifs is 1. The van der Waals surface area contributed by atoms with E-state index in [0.717, 1.165) is 6.07 Å². The van der Waals surface area contributed by atoms with E-state index in [1.54, 1.807) is 52.2 Å². The summed E-state index contributed by atoms with van der Waals surface area (Å²) < 4.78 is 44.7. The van der Waals surface area contributed by atoms with E-state index >= 15 is 0 Å². The third-order valence-corrected chi connectivity index (χ3v) is 6.24. The van der Waals surface area contributed by atoms with Crippen LogP contribution in [0.3, 0.4) is 0 Å². The Morgan fingerprint density at radius 3 is 2.29 bits per heavy atom. The molecule has 0 unspecified atom stereocenters. The largest absolute Gasteiger partial charge is 0.462 e. The van der Waals surface area contributed by atoms with Crippen LogP contribution in [0.5, 0.6) is 0 Å². The summed E-state index contributed by atoms with van der Waals surface area (Å²) in [6, 6.07) is 3.95. The lowest BCUT2D eigenvalue weighted by Gasteiger charge is -2.27. The highest BCUT2D eigenvalue weighted by molar-refractivity contribution is 5.88. The Hall–Kier alpha value is -2.60. The van der Waals surface area contributed by atoms with Gasteiger partial charge in [0.15, 0.2) is 11.6 Å². The normalized spacial score (nSPS) is 23.6. The van der Waals surface area contributed by atoms with E-state index in [4.69, 9.17) is 23.7 Å². The van der Waals surface area contributed by atoms with Crippen molar-refractivity contribution in [3.8, 4) is 0 Å². The van der Waals surface area contributed by atoms with Gasteiger partial charge in [-0.05, 0) is 47.6 Å². The van der Waals surface area contributed by atoms with Gasteiger partial charge >= 0.3 is 11.7 Å². The van der Waals surface area contributed by atoms with Gasteiger partial charge in [-0.25, -0.2) is 0 Å². The third kappa shape index (κ3) is 5.18. The van der Waals surface area contributed by atoms with Crippen LogP contribution in [0.25, 0.3) is 10.9 Å². The molecule has 1 aromatic carbocycles. The summed E-state index contributed by atoms with van der Waals surface area (Å²) >= 11 is 0. The molecule has 2 fully saturated rings. The molecule has 2 aromatic rings. The van der Waals surface area contributed by atoms with Crippen LogP contribution in [-0.4, -0.2) is 59.1 Å². The number of halogens is 1. The lowest BCUT2D eigenvalue weighted by atomic mass is 9.89. The average Bonchev–Trinajstić information content (AvgIpc) is 3.40. The second-order valence-electron chi connectivity index (χ2n) is 10.4. The molecule has 2 aliphatic rings. The zero-order valence-corrected chi connectivity index (χ0v) is 20.8. The van der Waals surface area contributed by atoms with Crippen molar-refractivity contribution in [1.82, 2.24) is 4.57 Å². The molecule has 1 aromatic heterocycles. The highest BCUT2D eigenvalue weighted by Crippen LogP contribution is 2.36. The minimum absolute atomic E-state index is 0.0137. The molecule has 2 saturated heterocycles. The van der Waals surface area contributed by atoms with Gasteiger partial charge in [-0.15, -0.1) is 0 Å². The van der Waals surface area contributed by atoms with Crippen molar-refractivity contribution in [2.24, 2.45) is 0 Å². The molecule has 11 heteroatoms. The molecular weight excluding hydrogens is 463 g/mol. The lowest BCUT2D eigenvalue weighted by Crippen LogP contribution is -2.36. The second kappa shape index (κ2) is 8.81. The van der Waals surface area contributed by atoms with Gasteiger partial charge in [-0.1, -0.05) is 0 Å². The monoisotopic (exact) mass is 494 g/mol. The highest BCUT2D eigenvalue weighted by atomic mass is 19.1. The Kier molecular flexibility index (Phi) is 6.41. The summed E-state index contributed by atoms with van der Waals surface area (Å²) in [5.74, 6) is -2.99. The van der Waals surface area contributed by atoms with Crippen molar-refractivity contribution in [2.75, 3.05) is 19.8 Å². The predicted octanol–water partition coefficient (Wildman–Crippen LogP) is 3.81. The van der Waals surface area contributed by atoms with Gasteiger partial charge in [0.25, 0.3) is 0 Å². The minimum atomic E-state index is -1.17. The number of esters is 1. The van der Waals surface area contributed by atoms with E-state index in [9.17, 15) is 19.3 Å². The Balaban J connectivity index is 1.67. The molecule has 3 heterocycles. The first-order chi connectivity index (χ1) is 16.2. The van der Waals surface area contributed by atoms with Gasteiger partial charge in [0, 0.05) is 23.2 Å². The molecule has 0 radical (unpaired) electrons. The molecule has 0 amide bonds.